The van der Waals surface area contributed by atoms with Crippen molar-refractivity contribution in [3.8, 4) is 0 Å². The first-order valence-corrected chi connectivity index (χ1v) is 10.8. The molecule has 10 heteroatoms. The van der Waals surface area contributed by atoms with Gasteiger partial charge >= 0.3 is 6.03 Å². The third-order valence-electron chi connectivity index (χ3n) is 5.56. The Bertz CT molecular complexity index is 1180. The van der Waals surface area contributed by atoms with E-state index < -0.39 is 17.7 Å². The molecular formula is C24H25F2N7O. The van der Waals surface area contributed by atoms with E-state index in [0.29, 0.717) is 36.6 Å². The highest BCUT2D eigenvalue weighted by atomic mass is 19.1. The van der Waals surface area contributed by atoms with Crippen LogP contribution < -0.4 is 16.0 Å². The number of rotatable bonds is 7. The lowest BCUT2D eigenvalue weighted by molar-refractivity contribution is 0.247. The number of hydrogen-bond acceptors (Lipinski definition) is 6. The number of carbonyl (C=O) groups is 1. The SMILES string of the molecule is Cc1cc(Nc2cnc(NC(=O)N[C@H]3CCN(Cc4c(F)cccc4F)C3)cc2C=N)ccn1. The van der Waals surface area contributed by atoms with Crippen molar-refractivity contribution in [3.63, 3.8) is 0 Å². The molecule has 1 saturated heterocycles. The quantitative estimate of drug-likeness (QED) is 0.392. The Kier molecular flexibility index (Phi) is 7.07. The standard InChI is InChI=1S/C24H25F2N7O/c1-15-9-17(5-7-28-15)30-22-12-29-23(10-16(22)11-27)32-24(34)31-18-6-8-33(13-18)14-19-20(25)3-2-4-21(19)26/h2-5,7,9-12,18,27H,6,8,13-14H2,1H3,(H,28,30)(H2,29,31,32,34)/t18-/m0/s1. The molecule has 0 aliphatic carbocycles. The average molecular weight is 466 g/mol. The van der Waals surface area contributed by atoms with Crippen LogP contribution in [-0.4, -0.2) is 46.2 Å². The number of halogens is 2. The Hall–Kier alpha value is -3.92. The van der Waals surface area contributed by atoms with Crippen molar-refractivity contribution >= 4 is 29.4 Å². The molecule has 0 bridgehead atoms. The van der Waals surface area contributed by atoms with Gasteiger partial charge < -0.3 is 16.0 Å². The Balaban J connectivity index is 1.33. The van der Waals surface area contributed by atoms with Crippen molar-refractivity contribution in [2.24, 2.45) is 0 Å². The first kappa shape index (κ1) is 23.2. The monoisotopic (exact) mass is 465 g/mol. The summed E-state index contributed by atoms with van der Waals surface area (Å²) < 4.78 is 27.8. The summed E-state index contributed by atoms with van der Waals surface area (Å²) in [5.41, 5.74) is 2.88. The second-order valence-corrected chi connectivity index (χ2v) is 8.13. The van der Waals surface area contributed by atoms with Gasteiger partial charge in [-0.3, -0.25) is 15.2 Å². The first-order valence-electron chi connectivity index (χ1n) is 10.8. The fourth-order valence-corrected chi connectivity index (χ4v) is 3.88. The predicted octanol–water partition coefficient (Wildman–Crippen LogP) is 4.20. The minimum absolute atomic E-state index is 0.0339. The molecular weight excluding hydrogens is 440 g/mol. The third kappa shape index (κ3) is 5.70. The Morgan fingerprint density at radius 2 is 2.03 bits per heavy atom. The van der Waals surface area contributed by atoms with E-state index in [2.05, 4.69) is 25.9 Å². The van der Waals surface area contributed by atoms with E-state index in [0.717, 1.165) is 11.4 Å². The van der Waals surface area contributed by atoms with Gasteiger partial charge in [-0.05, 0) is 43.7 Å². The summed E-state index contributed by atoms with van der Waals surface area (Å²) in [6.07, 6.45) is 5.08. The van der Waals surface area contributed by atoms with Gasteiger partial charge in [0.15, 0.2) is 0 Å². The van der Waals surface area contributed by atoms with Gasteiger partial charge in [0.1, 0.15) is 17.5 Å². The van der Waals surface area contributed by atoms with Crippen LogP contribution in [0.4, 0.5) is 30.8 Å². The van der Waals surface area contributed by atoms with E-state index in [9.17, 15) is 13.6 Å². The molecule has 2 aromatic heterocycles. The Labute approximate surface area is 195 Å². The van der Waals surface area contributed by atoms with Gasteiger partial charge in [-0.25, -0.2) is 18.6 Å². The molecule has 4 N–H and O–H groups in total. The predicted molar refractivity (Wildman–Crippen MR) is 127 cm³/mol. The number of amides is 2. The van der Waals surface area contributed by atoms with Crippen LogP contribution in [0.3, 0.4) is 0 Å². The summed E-state index contributed by atoms with van der Waals surface area (Å²) in [4.78, 5) is 22.8. The number of likely N-dealkylation sites (tertiary alicyclic amines) is 1. The van der Waals surface area contributed by atoms with E-state index in [1.54, 1.807) is 18.5 Å². The maximum absolute atomic E-state index is 13.9. The molecule has 1 aliphatic rings. The topological polar surface area (TPSA) is 106 Å². The number of nitrogens with one attached hydrogen (secondary N) is 4. The lowest BCUT2D eigenvalue weighted by Gasteiger charge is -2.18. The van der Waals surface area contributed by atoms with Crippen LogP contribution in [0.1, 0.15) is 23.2 Å². The average Bonchev–Trinajstić information content (AvgIpc) is 3.24. The molecule has 0 radical (unpaired) electrons. The summed E-state index contributed by atoms with van der Waals surface area (Å²) in [5.74, 6) is -0.839. The van der Waals surface area contributed by atoms with E-state index in [-0.39, 0.29) is 18.2 Å². The molecule has 0 spiro atoms. The van der Waals surface area contributed by atoms with Crippen LogP contribution >= 0.6 is 0 Å². The molecule has 1 aromatic carbocycles. The minimum Gasteiger partial charge on any atom is -0.354 e. The van der Waals surface area contributed by atoms with Gasteiger partial charge in [0.25, 0.3) is 0 Å². The number of hydrogen-bond donors (Lipinski definition) is 4. The van der Waals surface area contributed by atoms with Gasteiger partial charge in [-0.2, -0.15) is 0 Å². The highest BCUT2D eigenvalue weighted by Gasteiger charge is 2.25. The van der Waals surface area contributed by atoms with E-state index in [4.69, 9.17) is 5.41 Å². The fourth-order valence-electron chi connectivity index (χ4n) is 3.88. The lowest BCUT2D eigenvalue weighted by atomic mass is 10.2. The summed E-state index contributed by atoms with van der Waals surface area (Å²) in [5, 5.41) is 16.5. The second kappa shape index (κ2) is 10.3. The number of pyridine rings is 2. The largest absolute Gasteiger partial charge is 0.354 e. The Morgan fingerprint density at radius 3 is 2.76 bits per heavy atom. The smallest absolute Gasteiger partial charge is 0.320 e. The molecule has 3 aromatic rings. The van der Waals surface area contributed by atoms with Crippen LogP contribution in [0.2, 0.25) is 0 Å². The van der Waals surface area contributed by atoms with Crippen LogP contribution in [0.25, 0.3) is 0 Å². The molecule has 1 atom stereocenters. The number of anilines is 3. The molecule has 0 unspecified atom stereocenters. The molecule has 8 nitrogen and oxygen atoms in total. The molecule has 1 aliphatic heterocycles. The highest BCUT2D eigenvalue weighted by molar-refractivity contribution is 5.92. The third-order valence-corrected chi connectivity index (χ3v) is 5.56. The highest BCUT2D eigenvalue weighted by Crippen LogP contribution is 2.22. The molecule has 1 fully saturated rings. The van der Waals surface area contributed by atoms with Crippen molar-refractivity contribution in [1.82, 2.24) is 20.2 Å². The van der Waals surface area contributed by atoms with Crippen molar-refractivity contribution in [2.45, 2.75) is 25.9 Å². The van der Waals surface area contributed by atoms with E-state index in [1.807, 2.05) is 24.0 Å². The van der Waals surface area contributed by atoms with Crippen LogP contribution in [0.5, 0.6) is 0 Å². The second-order valence-electron chi connectivity index (χ2n) is 8.13. The summed E-state index contributed by atoms with van der Waals surface area (Å²) in [7, 11) is 0. The molecule has 4 rings (SSSR count). The maximum atomic E-state index is 13.9. The molecule has 2 amide bonds. The van der Waals surface area contributed by atoms with Gasteiger partial charge in [0, 0.05) is 60.6 Å². The minimum atomic E-state index is -0.570. The number of carbonyl (C=O) groups excluding carboxylic acids is 1. The van der Waals surface area contributed by atoms with E-state index in [1.165, 1.54) is 24.4 Å². The number of aryl methyl sites for hydroxylation is 1. The maximum Gasteiger partial charge on any atom is 0.320 e. The van der Waals surface area contributed by atoms with Crippen LogP contribution in [0, 0.1) is 24.0 Å². The van der Waals surface area contributed by atoms with Gasteiger partial charge in [0.2, 0.25) is 0 Å². The van der Waals surface area contributed by atoms with Gasteiger partial charge in [0.05, 0.1) is 11.9 Å². The van der Waals surface area contributed by atoms with Gasteiger partial charge in [-0.1, -0.05) is 6.07 Å². The summed E-state index contributed by atoms with van der Waals surface area (Å²) in [6.45, 7) is 3.13. The Morgan fingerprint density at radius 1 is 1.24 bits per heavy atom. The zero-order valence-electron chi connectivity index (χ0n) is 18.6. The lowest BCUT2D eigenvalue weighted by Crippen LogP contribution is -2.39. The molecule has 3 heterocycles. The zero-order chi connectivity index (χ0) is 24.1. The van der Waals surface area contributed by atoms with Crippen molar-refractivity contribution < 1.29 is 13.6 Å². The number of nitrogens with zero attached hydrogens (tertiary/aromatic N) is 3. The first-order chi connectivity index (χ1) is 16.4. The molecule has 176 valence electrons. The van der Waals surface area contributed by atoms with Crippen molar-refractivity contribution in [3.05, 3.63) is 77.2 Å². The van der Waals surface area contributed by atoms with E-state index >= 15 is 0 Å². The molecule has 34 heavy (non-hydrogen) atoms. The number of benzene rings is 1. The fraction of sp³-hybridized carbons (Fsp3) is 0.250. The van der Waals surface area contributed by atoms with Crippen LogP contribution in [-0.2, 0) is 6.54 Å². The summed E-state index contributed by atoms with van der Waals surface area (Å²) >= 11 is 0. The molecule has 0 saturated carbocycles. The zero-order valence-corrected chi connectivity index (χ0v) is 18.6. The number of aromatic nitrogens is 2. The van der Waals surface area contributed by atoms with Gasteiger partial charge in [-0.15, -0.1) is 0 Å². The number of urea groups is 1. The normalized spacial score (nSPS) is 15.7. The summed E-state index contributed by atoms with van der Waals surface area (Å²) in [6, 6.07) is 8.52. The van der Waals surface area contributed by atoms with Crippen LogP contribution in [0.15, 0.2) is 48.8 Å². The van der Waals surface area contributed by atoms with Crippen molar-refractivity contribution in [1.29, 1.82) is 5.41 Å². The van der Waals surface area contributed by atoms with Crippen molar-refractivity contribution in [2.75, 3.05) is 23.7 Å².